The molecule has 0 heterocycles. The van der Waals surface area contributed by atoms with Gasteiger partial charge in [0.15, 0.2) is 22.5 Å². The average molecular weight is 387 g/mol. The van der Waals surface area contributed by atoms with Crippen LogP contribution in [0.2, 0.25) is 5.02 Å². The highest BCUT2D eigenvalue weighted by Crippen LogP contribution is 2.24. The van der Waals surface area contributed by atoms with E-state index in [0.717, 1.165) is 39.3 Å². The van der Waals surface area contributed by atoms with E-state index in [9.17, 15) is 0 Å². The van der Waals surface area contributed by atoms with Crippen LogP contribution >= 0.6 is 27.5 Å². The Hall–Kier alpha value is -0.640. The molecule has 0 fully saturated rings. The van der Waals surface area contributed by atoms with Crippen LogP contribution < -0.4 is 4.18 Å². The van der Waals surface area contributed by atoms with Gasteiger partial charge in [0.05, 0.1) is 0 Å². The van der Waals surface area contributed by atoms with E-state index in [1.807, 2.05) is 24.3 Å². The van der Waals surface area contributed by atoms with Gasteiger partial charge in [-0.2, -0.15) is 0 Å². The van der Waals surface area contributed by atoms with Crippen LogP contribution in [0.1, 0.15) is 31.9 Å². The molecule has 0 radical (unpaired) electrons. The molecule has 2 rings (SSSR count). The summed E-state index contributed by atoms with van der Waals surface area (Å²) in [5.74, 6) is 0.899. The highest BCUT2D eigenvalue weighted by atomic mass is 79.9. The molecule has 2 aromatic rings. The third-order valence-corrected chi connectivity index (χ3v) is 4.46. The van der Waals surface area contributed by atoms with Gasteiger partial charge in [-0.1, -0.05) is 39.7 Å². The summed E-state index contributed by atoms with van der Waals surface area (Å²) in [5, 5.41) is 0.796. The molecule has 1 nitrogen and oxygen atoms in total. The van der Waals surface area contributed by atoms with Crippen molar-refractivity contribution in [3.8, 4) is 5.75 Å². The Labute approximate surface area is 144 Å². The molecule has 0 saturated carbocycles. The van der Waals surface area contributed by atoms with E-state index in [2.05, 4.69) is 54.9 Å². The quantitative estimate of drug-likeness (QED) is 0.491. The summed E-state index contributed by atoms with van der Waals surface area (Å²) < 4.78 is 6.95. The van der Waals surface area contributed by atoms with Crippen molar-refractivity contribution >= 4 is 39.6 Å². The molecule has 0 spiro atoms. The van der Waals surface area contributed by atoms with E-state index in [-0.39, 0.29) is 4.75 Å². The topological polar surface area (TPSA) is 9.23 Å². The first kappa shape index (κ1) is 16.7. The summed E-state index contributed by atoms with van der Waals surface area (Å²) in [5.41, 5.74) is 2.34. The van der Waals surface area contributed by atoms with Crippen molar-refractivity contribution in [1.29, 1.82) is 0 Å². The van der Waals surface area contributed by atoms with Gasteiger partial charge in [-0.25, -0.2) is 0 Å². The maximum Gasteiger partial charge on any atom is 0.188 e. The van der Waals surface area contributed by atoms with E-state index in [1.165, 1.54) is 5.56 Å². The Morgan fingerprint density at radius 2 is 1.76 bits per heavy atom. The zero-order chi connectivity index (χ0) is 15.5. The van der Waals surface area contributed by atoms with Crippen LogP contribution in [0.5, 0.6) is 5.75 Å². The van der Waals surface area contributed by atoms with Crippen molar-refractivity contribution in [2.24, 2.45) is 0 Å². The fourth-order valence-electron chi connectivity index (χ4n) is 1.76. The Morgan fingerprint density at radius 3 is 2.38 bits per heavy atom. The molecule has 0 aromatic heterocycles. The summed E-state index contributed by atoms with van der Waals surface area (Å²) in [7, 11) is 0. The van der Waals surface area contributed by atoms with Crippen molar-refractivity contribution < 1.29 is 4.18 Å². The first-order valence-corrected chi connectivity index (χ1v) is 8.74. The molecule has 0 aliphatic carbocycles. The van der Waals surface area contributed by atoms with Crippen molar-refractivity contribution in [1.82, 2.24) is 0 Å². The summed E-state index contributed by atoms with van der Waals surface area (Å²) >= 11 is 10.7. The van der Waals surface area contributed by atoms with E-state index in [0.29, 0.717) is 0 Å². The van der Waals surface area contributed by atoms with Crippen LogP contribution in [0.4, 0.5) is 0 Å². The molecular weight excluding hydrogens is 368 g/mol. The third-order valence-electron chi connectivity index (χ3n) is 2.75. The minimum atomic E-state index is 0.141. The first-order chi connectivity index (χ1) is 9.83. The van der Waals surface area contributed by atoms with Gasteiger partial charge < -0.3 is 0 Å². The summed E-state index contributed by atoms with van der Waals surface area (Å²) in [6, 6.07) is 14.1. The molecule has 0 aliphatic heterocycles. The van der Waals surface area contributed by atoms with Gasteiger partial charge in [0.1, 0.15) is 0 Å². The number of thiol groups is 1. The van der Waals surface area contributed by atoms with Crippen LogP contribution in [-0.2, 0) is 18.5 Å². The van der Waals surface area contributed by atoms with Gasteiger partial charge >= 0.3 is 0 Å². The molecule has 112 valence electrons. The van der Waals surface area contributed by atoms with Crippen LogP contribution in [0.3, 0.4) is 0 Å². The predicted molar refractivity (Wildman–Crippen MR) is 97.5 cm³/mol. The standard InChI is InChI=1S/C17H18BrClOS/c1-17(2,3)21-20-15-7-4-12(5-8-15)10-13-11-14(18)6-9-16(13)19/h4-9,11H,10H2,1-3H3/p+1. The Morgan fingerprint density at radius 1 is 1.10 bits per heavy atom. The second-order valence-corrected chi connectivity index (χ2v) is 8.94. The van der Waals surface area contributed by atoms with Crippen molar-refractivity contribution in [3.63, 3.8) is 0 Å². The number of halogens is 2. The molecule has 0 aliphatic rings. The maximum atomic E-state index is 6.23. The van der Waals surface area contributed by atoms with Gasteiger partial charge in [-0.3, -0.25) is 4.18 Å². The minimum Gasteiger partial charge on any atom is -0.288 e. The molecule has 4 heteroatoms. The first-order valence-electron chi connectivity index (χ1n) is 6.75. The largest absolute Gasteiger partial charge is 0.288 e. The van der Waals surface area contributed by atoms with Crippen molar-refractivity contribution in [3.05, 3.63) is 63.1 Å². The second-order valence-electron chi connectivity index (χ2n) is 5.91. The highest BCUT2D eigenvalue weighted by Gasteiger charge is 2.21. The van der Waals surface area contributed by atoms with Gasteiger partial charge in [-0.05, 0) is 68.7 Å². The maximum absolute atomic E-state index is 6.23. The zero-order valence-electron chi connectivity index (χ0n) is 12.4. The number of hydrogen-bond donors (Lipinski definition) is 0. The van der Waals surface area contributed by atoms with Gasteiger partial charge in [0.2, 0.25) is 0 Å². The molecule has 0 N–H and O–H groups in total. The van der Waals surface area contributed by atoms with Crippen LogP contribution in [0, 0.1) is 0 Å². The van der Waals surface area contributed by atoms with Crippen LogP contribution in [0.15, 0.2) is 46.9 Å². The zero-order valence-corrected chi connectivity index (χ0v) is 15.6. The second kappa shape index (κ2) is 7.08. The smallest absolute Gasteiger partial charge is 0.188 e. The summed E-state index contributed by atoms with van der Waals surface area (Å²) in [4.78, 5) is 0. The Kier molecular flexibility index (Phi) is 5.64. The van der Waals surface area contributed by atoms with E-state index < -0.39 is 0 Å². The fourth-order valence-corrected chi connectivity index (χ4v) is 2.85. The van der Waals surface area contributed by atoms with Gasteiger partial charge in [-0.15, -0.1) is 0 Å². The third kappa shape index (κ3) is 5.57. The molecule has 0 saturated heterocycles. The number of rotatable bonds is 4. The number of benzene rings is 2. The molecule has 0 bridgehead atoms. The fraction of sp³-hybridized carbons (Fsp3) is 0.294. The minimum absolute atomic E-state index is 0.141. The van der Waals surface area contributed by atoms with Crippen LogP contribution in [-0.4, -0.2) is 4.75 Å². The van der Waals surface area contributed by atoms with E-state index in [4.69, 9.17) is 15.8 Å². The molecule has 0 amide bonds. The molecule has 0 atom stereocenters. The van der Waals surface area contributed by atoms with Crippen molar-refractivity contribution in [2.45, 2.75) is 31.9 Å². The summed E-state index contributed by atoms with van der Waals surface area (Å²) in [6.07, 6.45) is 0.815. The Bertz CT molecular complexity index is 605. The lowest BCUT2D eigenvalue weighted by atomic mass is 10.1. The van der Waals surface area contributed by atoms with E-state index in [1.54, 1.807) is 0 Å². The summed E-state index contributed by atoms with van der Waals surface area (Å²) in [6.45, 7) is 6.45. The van der Waals surface area contributed by atoms with Gasteiger partial charge in [0, 0.05) is 9.50 Å². The lowest BCUT2D eigenvalue weighted by Crippen LogP contribution is -2.19. The van der Waals surface area contributed by atoms with Crippen molar-refractivity contribution in [2.75, 3.05) is 0 Å². The highest BCUT2D eigenvalue weighted by molar-refractivity contribution is 9.10. The molecule has 21 heavy (non-hydrogen) atoms. The molecular formula is C17H19BrClOS+. The van der Waals surface area contributed by atoms with Crippen LogP contribution in [0.25, 0.3) is 0 Å². The molecule has 2 aromatic carbocycles. The monoisotopic (exact) mass is 385 g/mol. The Balaban J connectivity index is 2.04. The number of hydrogen-bond acceptors (Lipinski definition) is 1. The average Bonchev–Trinajstić information content (AvgIpc) is 2.41. The molecule has 0 unspecified atom stereocenters. The SMILES string of the molecule is CC(C)(C)[SH+]Oc1ccc(Cc2cc(Br)ccc2Cl)cc1. The van der Waals surface area contributed by atoms with E-state index >= 15 is 0 Å². The predicted octanol–water partition coefficient (Wildman–Crippen LogP) is 5.60. The lowest BCUT2D eigenvalue weighted by molar-refractivity contribution is 0.608. The lowest BCUT2D eigenvalue weighted by Gasteiger charge is -2.08. The van der Waals surface area contributed by atoms with Gasteiger partial charge in [0.25, 0.3) is 0 Å². The normalized spacial score (nSPS) is 11.5.